The van der Waals surface area contributed by atoms with Crippen LogP contribution in [0.3, 0.4) is 0 Å². The molecule has 1 aromatic carbocycles. The molecule has 0 saturated carbocycles. The van der Waals surface area contributed by atoms with Gasteiger partial charge in [-0.05, 0) is 37.5 Å². The summed E-state index contributed by atoms with van der Waals surface area (Å²) in [6.45, 7) is 2.32. The quantitative estimate of drug-likeness (QED) is 0.931. The molecule has 0 amide bonds. The molecule has 17 heavy (non-hydrogen) atoms. The number of aryl methyl sites for hydroxylation is 2. The van der Waals surface area contributed by atoms with E-state index in [4.69, 9.17) is 5.11 Å². The van der Waals surface area contributed by atoms with E-state index < -0.39 is 0 Å². The number of thiazole rings is 1. The minimum absolute atomic E-state index is 0.225. The number of rotatable bonds is 4. The minimum atomic E-state index is 0.225. The van der Waals surface area contributed by atoms with E-state index in [1.807, 2.05) is 6.07 Å². The molecule has 0 aliphatic carbocycles. The van der Waals surface area contributed by atoms with Crippen LogP contribution in [0.4, 0.5) is 0 Å². The Hall–Kier alpha value is -0.710. The zero-order chi connectivity index (χ0) is 12.3. The molecule has 90 valence electrons. The molecule has 0 fully saturated rings. The second kappa shape index (κ2) is 5.76. The van der Waals surface area contributed by atoms with Crippen LogP contribution in [0.5, 0.6) is 0 Å². The first-order valence-electron chi connectivity index (χ1n) is 5.52. The topological polar surface area (TPSA) is 33.1 Å². The SMILES string of the molecule is Cc1ccc(Br)cc1-c1nc(CCCO)cs1. The van der Waals surface area contributed by atoms with Crippen LogP contribution < -0.4 is 0 Å². The number of halogens is 1. The molecule has 0 saturated heterocycles. The minimum Gasteiger partial charge on any atom is -0.396 e. The van der Waals surface area contributed by atoms with Gasteiger partial charge in [0, 0.05) is 22.0 Å². The second-order valence-electron chi connectivity index (χ2n) is 3.93. The van der Waals surface area contributed by atoms with Crippen molar-refractivity contribution in [2.24, 2.45) is 0 Å². The molecular weight excluding hydrogens is 298 g/mol. The number of hydrogen-bond donors (Lipinski definition) is 1. The van der Waals surface area contributed by atoms with Gasteiger partial charge < -0.3 is 5.11 Å². The van der Waals surface area contributed by atoms with E-state index >= 15 is 0 Å². The summed E-state index contributed by atoms with van der Waals surface area (Å²) in [4.78, 5) is 4.61. The Balaban J connectivity index is 2.27. The van der Waals surface area contributed by atoms with Crippen molar-refractivity contribution in [3.63, 3.8) is 0 Å². The molecule has 1 heterocycles. The third-order valence-electron chi connectivity index (χ3n) is 2.57. The Morgan fingerprint density at radius 1 is 1.41 bits per heavy atom. The summed E-state index contributed by atoms with van der Waals surface area (Å²) in [5, 5.41) is 11.9. The van der Waals surface area contributed by atoms with E-state index in [1.165, 1.54) is 11.1 Å². The van der Waals surface area contributed by atoms with Gasteiger partial charge in [-0.1, -0.05) is 22.0 Å². The van der Waals surface area contributed by atoms with Gasteiger partial charge in [0.05, 0.1) is 5.69 Å². The fourth-order valence-corrected chi connectivity index (χ4v) is 2.93. The zero-order valence-electron chi connectivity index (χ0n) is 9.61. The van der Waals surface area contributed by atoms with Crippen LogP contribution in [0.1, 0.15) is 17.7 Å². The van der Waals surface area contributed by atoms with E-state index in [-0.39, 0.29) is 6.61 Å². The molecule has 0 atom stereocenters. The van der Waals surface area contributed by atoms with Crippen molar-refractivity contribution in [2.45, 2.75) is 19.8 Å². The lowest BCUT2D eigenvalue weighted by atomic mass is 10.1. The Morgan fingerprint density at radius 3 is 3.00 bits per heavy atom. The highest BCUT2D eigenvalue weighted by atomic mass is 79.9. The molecule has 2 nitrogen and oxygen atoms in total. The smallest absolute Gasteiger partial charge is 0.123 e. The second-order valence-corrected chi connectivity index (χ2v) is 5.70. The van der Waals surface area contributed by atoms with Crippen LogP contribution in [-0.2, 0) is 6.42 Å². The lowest BCUT2D eigenvalue weighted by Gasteiger charge is -2.02. The van der Waals surface area contributed by atoms with Crippen molar-refractivity contribution in [2.75, 3.05) is 6.61 Å². The van der Waals surface area contributed by atoms with Crippen LogP contribution in [0.15, 0.2) is 28.1 Å². The largest absolute Gasteiger partial charge is 0.396 e. The maximum absolute atomic E-state index is 8.80. The first kappa shape index (κ1) is 12.7. The summed E-state index contributed by atoms with van der Waals surface area (Å²) in [7, 11) is 0. The van der Waals surface area contributed by atoms with Gasteiger partial charge >= 0.3 is 0 Å². The van der Waals surface area contributed by atoms with E-state index in [0.717, 1.165) is 28.0 Å². The molecule has 0 bridgehead atoms. The van der Waals surface area contributed by atoms with Crippen molar-refractivity contribution in [1.29, 1.82) is 0 Å². The Kier molecular flexibility index (Phi) is 4.31. The van der Waals surface area contributed by atoms with Gasteiger partial charge in [0.2, 0.25) is 0 Å². The molecular formula is C13H14BrNOS. The predicted octanol–water partition coefficient (Wildman–Crippen LogP) is 3.81. The van der Waals surface area contributed by atoms with E-state index in [2.05, 4.69) is 45.4 Å². The van der Waals surface area contributed by atoms with Gasteiger partial charge in [-0.15, -0.1) is 11.3 Å². The van der Waals surface area contributed by atoms with Crippen molar-refractivity contribution in [3.8, 4) is 10.6 Å². The van der Waals surface area contributed by atoms with Gasteiger partial charge in [-0.25, -0.2) is 4.98 Å². The molecule has 2 aromatic rings. The fraction of sp³-hybridized carbons (Fsp3) is 0.308. The Morgan fingerprint density at radius 2 is 2.24 bits per heavy atom. The van der Waals surface area contributed by atoms with Crippen LogP contribution in [-0.4, -0.2) is 16.7 Å². The van der Waals surface area contributed by atoms with E-state index in [9.17, 15) is 0 Å². The predicted molar refractivity (Wildman–Crippen MR) is 75.4 cm³/mol. The first-order chi connectivity index (χ1) is 8.20. The Bertz CT molecular complexity index is 510. The van der Waals surface area contributed by atoms with Gasteiger partial charge in [-0.3, -0.25) is 0 Å². The number of benzene rings is 1. The molecule has 0 spiro atoms. The van der Waals surface area contributed by atoms with Crippen LogP contribution in [0, 0.1) is 6.92 Å². The molecule has 2 rings (SSSR count). The molecule has 4 heteroatoms. The van der Waals surface area contributed by atoms with Crippen LogP contribution >= 0.6 is 27.3 Å². The maximum atomic E-state index is 8.80. The van der Waals surface area contributed by atoms with Gasteiger partial charge in [0.25, 0.3) is 0 Å². The van der Waals surface area contributed by atoms with Gasteiger partial charge in [0.1, 0.15) is 5.01 Å². The lowest BCUT2D eigenvalue weighted by molar-refractivity contribution is 0.288. The molecule has 0 aliphatic heterocycles. The molecule has 1 aromatic heterocycles. The highest BCUT2D eigenvalue weighted by molar-refractivity contribution is 9.10. The van der Waals surface area contributed by atoms with Crippen molar-refractivity contribution >= 4 is 27.3 Å². The van der Waals surface area contributed by atoms with Gasteiger partial charge in [-0.2, -0.15) is 0 Å². The van der Waals surface area contributed by atoms with Gasteiger partial charge in [0.15, 0.2) is 0 Å². The van der Waals surface area contributed by atoms with Crippen LogP contribution in [0.2, 0.25) is 0 Å². The summed E-state index contributed by atoms with van der Waals surface area (Å²) in [5.74, 6) is 0. The highest BCUT2D eigenvalue weighted by Crippen LogP contribution is 2.29. The monoisotopic (exact) mass is 311 g/mol. The summed E-state index contributed by atoms with van der Waals surface area (Å²) >= 11 is 5.15. The van der Waals surface area contributed by atoms with Crippen molar-refractivity contribution < 1.29 is 5.11 Å². The summed E-state index contributed by atoms with van der Waals surface area (Å²) < 4.78 is 1.07. The highest BCUT2D eigenvalue weighted by Gasteiger charge is 2.07. The first-order valence-corrected chi connectivity index (χ1v) is 7.20. The average Bonchev–Trinajstić information content (AvgIpc) is 2.78. The standard InChI is InChI=1S/C13H14BrNOS/c1-9-4-5-10(14)7-12(9)13-15-11(8-17-13)3-2-6-16/h4-5,7-8,16H,2-3,6H2,1H3. The summed E-state index contributed by atoms with van der Waals surface area (Å²) in [6, 6.07) is 6.23. The average molecular weight is 312 g/mol. The number of nitrogens with zero attached hydrogens (tertiary/aromatic N) is 1. The van der Waals surface area contributed by atoms with Crippen molar-refractivity contribution in [3.05, 3.63) is 39.3 Å². The normalized spacial score (nSPS) is 10.8. The fourth-order valence-electron chi connectivity index (χ4n) is 1.63. The molecule has 0 aliphatic rings. The molecule has 1 N–H and O–H groups in total. The van der Waals surface area contributed by atoms with E-state index in [1.54, 1.807) is 11.3 Å². The summed E-state index contributed by atoms with van der Waals surface area (Å²) in [5.41, 5.74) is 3.48. The molecule has 0 unspecified atom stereocenters. The third kappa shape index (κ3) is 3.15. The Labute approximate surface area is 113 Å². The zero-order valence-corrected chi connectivity index (χ0v) is 12.0. The van der Waals surface area contributed by atoms with E-state index in [0.29, 0.717) is 0 Å². The molecule has 0 radical (unpaired) electrons. The van der Waals surface area contributed by atoms with Crippen LogP contribution in [0.25, 0.3) is 10.6 Å². The number of aromatic nitrogens is 1. The third-order valence-corrected chi connectivity index (χ3v) is 3.99. The maximum Gasteiger partial charge on any atom is 0.123 e. The number of aliphatic hydroxyl groups excluding tert-OH is 1. The lowest BCUT2D eigenvalue weighted by Crippen LogP contribution is -1.90. The number of aliphatic hydroxyl groups is 1. The van der Waals surface area contributed by atoms with Crippen molar-refractivity contribution in [1.82, 2.24) is 4.98 Å². The number of hydrogen-bond acceptors (Lipinski definition) is 3. The summed E-state index contributed by atoms with van der Waals surface area (Å²) in [6.07, 6.45) is 1.63.